The number of benzene rings is 13. The molecule has 0 saturated heterocycles. The van der Waals surface area contributed by atoms with Crippen molar-refractivity contribution < 1.29 is 9.47 Å². The van der Waals surface area contributed by atoms with Gasteiger partial charge in [0.25, 0.3) is 0 Å². The monoisotopic (exact) mass is 1060 g/mol. The maximum atomic E-state index is 6.73. The predicted octanol–water partition coefficient (Wildman–Crippen LogP) is 20.8. The average Bonchev–Trinajstić information content (AvgIpc) is 1.84. The van der Waals surface area contributed by atoms with Crippen LogP contribution in [0, 0.1) is 0 Å². The number of anilines is 3. The fourth-order valence-corrected chi connectivity index (χ4v) is 14.5. The number of ether oxygens (including phenoxy) is 2. The molecule has 0 aromatic heterocycles. The number of rotatable bonds is 7. The van der Waals surface area contributed by atoms with E-state index in [1.54, 1.807) is 0 Å². The lowest BCUT2D eigenvalue weighted by molar-refractivity contribution is 0.436. The number of hydrogen-bond donors (Lipinski definition) is 0. The van der Waals surface area contributed by atoms with Gasteiger partial charge in [-0.25, -0.2) is 0 Å². The first-order chi connectivity index (χ1) is 41.1. The SMILES string of the molecule is c1ccc(-c2ccc(-c3ccc(N(c4ccc(-c5ccc6c(c5)C5(c7ccccc7Oc7ccccc75)c5ccccc5-6)cc4)c4ccccc4-c4ccc5c(c4)C4(c6ccccc6Oc6ccccc64)c4ccccc4-5)cc3)cc2)cc1. The Kier molecular flexibility index (Phi) is 10.4. The van der Waals surface area contributed by atoms with Crippen molar-refractivity contribution in [3.8, 4) is 89.8 Å². The molecule has 3 heteroatoms. The molecule has 17 rings (SSSR count). The zero-order valence-corrected chi connectivity index (χ0v) is 45.2. The van der Waals surface area contributed by atoms with Gasteiger partial charge in [-0.15, -0.1) is 0 Å². The average molecular weight is 1060 g/mol. The molecule has 0 unspecified atom stereocenters. The molecule has 83 heavy (non-hydrogen) atoms. The maximum absolute atomic E-state index is 6.73. The third-order valence-electron chi connectivity index (χ3n) is 18.1. The molecule has 0 atom stereocenters. The molecule has 4 aliphatic rings. The summed E-state index contributed by atoms with van der Waals surface area (Å²) in [5.74, 6) is 3.55. The summed E-state index contributed by atoms with van der Waals surface area (Å²) in [5, 5.41) is 0. The molecule has 0 fully saturated rings. The van der Waals surface area contributed by atoms with Gasteiger partial charge >= 0.3 is 0 Å². The van der Waals surface area contributed by atoms with Crippen molar-refractivity contribution in [1.29, 1.82) is 0 Å². The Morgan fingerprint density at radius 2 is 0.506 bits per heavy atom. The highest BCUT2D eigenvalue weighted by atomic mass is 16.5. The van der Waals surface area contributed by atoms with E-state index in [4.69, 9.17) is 9.47 Å². The van der Waals surface area contributed by atoms with E-state index in [1.807, 2.05) is 0 Å². The number of fused-ring (bicyclic) bond motifs is 18. The molecule has 13 aromatic rings. The highest BCUT2D eigenvalue weighted by molar-refractivity contribution is 5.95. The fraction of sp³-hybridized carbons (Fsp3) is 0.0250. The predicted molar refractivity (Wildman–Crippen MR) is 338 cm³/mol. The topological polar surface area (TPSA) is 21.7 Å². The number of hydrogen-bond acceptors (Lipinski definition) is 3. The summed E-state index contributed by atoms with van der Waals surface area (Å²) >= 11 is 0. The molecule has 0 N–H and O–H groups in total. The van der Waals surface area contributed by atoms with Crippen LogP contribution < -0.4 is 14.4 Å². The molecule has 2 aliphatic carbocycles. The largest absolute Gasteiger partial charge is 0.457 e. The zero-order valence-electron chi connectivity index (χ0n) is 45.2. The van der Waals surface area contributed by atoms with Crippen molar-refractivity contribution >= 4 is 17.1 Å². The molecular formula is C80H51NO2. The normalized spacial score (nSPS) is 13.7. The standard InChI is InChI=1S/C80H51NO2/c1-2-18-52(19-3-1)53-34-36-54(37-35-53)55-38-44-59(45-39-55)81(60-46-40-56(41-47-60)57-42-48-64-62-21-4-7-23-66(62)79(72(64)50-57)68-25-9-14-30-75(68)82-76-31-15-10-26-69(76)79)74-29-13-6-20-61(74)58-43-49-65-63-22-5-8-24-67(63)80(73(65)51-58)70-27-11-16-32-77(70)83-78-33-17-12-28-71(78)80/h1-51H. The molecule has 0 bridgehead atoms. The Balaban J connectivity index is 0.813. The molecular weight excluding hydrogens is 1010 g/mol. The van der Waals surface area contributed by atoms with Gasteiger partial charge in [-0.1, -0.05) is 243 Å². The summed E-state index contributed by atoms with van der Waals surface area (Å²) in [6, 6.07) is 113. The highest BCUT2D eigenvalue weighted by Crippen LogP contribution is 2.64. The van der Waals surface area contributed by atoms with E-state index in [9.17, 15) is 0 Å². The Morgan fingerprint density at radius 3 is 0.964 bits per heavy atom. The molecule has 13 aromatic carbocycles. The van der Waals surface area contributed by atoms with Crippen molar-refractivity contribution in [3.05, 3.63) is 354 Å². The summed E-state index contributed by atoms with van der Waals surface area (Å²) in [4.78, 5) is 2.43. The van der Waals surface area contributed by atoms with E-state index < -0.39 is 10.8 Å². The second-order valence-electron chi connectivity index (χ2n) is 22.2. The van der Waals surface area contributed by atoms with Crippen LogP contribution in [0.1, 0.15) is 44.5 Å². The lowest BCUT2D eigenvalue weighted by atomic mass is 9.66. The van der Waals surface area contributed by atoms with Crippen molar-refractivity contribution in [2.75, 3.05) is 4.90 Å². The van der Waals surface area contributed by atoms with E-state index >= 15 is 0 Å². The quantitative estimate of drug-likeness (QED) is 0.159. The highest BCUT2D eigenvalue weighted by Gasteiger charge is 2.52. The zero-order chi connectivity index (χ0) is 54.6. The minimum atomic E-state index is -0.593. The van der Waals surface area contributed by atoms with Gasteiger partial charge in [0.2, 0.25) is 0 Å². The van der Waals surface area contributed by atoms with Crippen LogP contribution in [0.5, 0.6) is 23.0 Å². The van der Waals surface area contributed by atoms with Gasteiger partial charge in [-0.3, -0.25) is 0 Å². The van der Waals surface area contributed by atoms with E-state index in [2.05, 4.69) is 314 Å². The first kappa shape index (κ1) is 47.1. The van der Waals surface area contributed by atoms with E-state index in [0.717, 1.165) is 90.1 Å². The van der Waals surface area contributed by atoms with Crippen molar-refractivity contribution in [2.24, 2.45) is 0 Å². The lowest BCUT2D eigenvalue weighted by Gasteiger charge is -2.39. The smallest absolute Gasteiger partial charge is 0.132 e. The van der Waals surface area contributed by atoms with Gasteiger partial charge in [0.05, 0.1) is 16.5 Å². The first-order valence-corrected chi connectivity index (χ1v) is 28.6. The van der Waals surface area contributed by atoms with Gasteiger partial charge in [0.1, 0.15) is 23.0 Å². The second kappa shape index (κ2) is 18.4. The second-order valence-corrected chi connectivity index (χ2v) is 22.2. The third kappa shape index (κ3) is 6.92. The molecule has 2 heterocycles. The Labute approximate surface area is 483 Å². The van der Waals surface area contributed by atoms with Gasteiger partial charge in [0.15, 0.2) is 0 Å². The van der Waals surface area contributed by atoms with Crippen LogP contribution in [0.4, 0.5) is 17.1 Å². The van der Waals surface area contributed by atoms with Crippen LogP contribution in [-0.4, -0.2) is 0 Å². The molecule has 2 spiro atoms. The first-order valence-electron chi connectivity index (χ1n) is 28.6. The number of nitrogens with zero attached hydrogens (tertiary/aromatic N) is 1. The molecule has 0 amide bonds. The van der Waals surface area contributed by atoms with Gasteiger partial charge < -0.3 is 14.4 Å². The summed E-state index contributed by atoms with van der Waals surface area (Å²) in [6.07, 6.45) is 0. The number of para-hydroxylation sites is 5. The van der Waals surface area contributed by atoms with Crippen LogP contribution in [0.2, 0.25) is 0 Å². The molecule has 2 aliphatic heterocycles. The van der Waals surface area contributed by atoms with Crippen LogP contribution in [0.3, 0.4) is 0 Å². The minimum absolute atomic E-state index is 0.554. The molecule has 388 valence electrons. The maximum Gasteiger partial charge on any atom is 0.132 e. The Hall–Kier alpha value is -10.7. The Bertz CT molecular complexity index is 4640. The Morgan fingerprint density at radius 1 is 0.205 bits per heavy atom. The van der Waals surface area contributed by atoms with Crippen LogP contribution >= 0.6 is 0 Å². The summed E-state index contributed by atoms with van der Waals surface area (Å²) < 4.78 is 13.4. The fourth-order valence-electron chi connectivity index (χ4n) is 14.5. The summed E-state index contributed by atoms with van der Waals surface area (Å²) in [5.41, 5.74) is 26.0. The molecule has 0 radical (unpaired) electrons. The van der Waals surface area contributed by atoms with Crippen LogP contribution in [0.25, 0.3) is 66.8 Å². The van der Waals surface area contributed by atoms with Crippen molar-refractivity contribution in [3.63, 3.8) is 0 Å². The molecule has 0 saturated carbocycles. The van der Waals surface area contributed by atoms with Crippen LogP contribution in [-0.2, 0) is 10.8 Å². The van der Waals surface area contributed by atoms with Crippen molar-refractivity contribution in [1.82, 2.24) is 0 Å². The van der Waals surface area contributed by atoms with Gasteiger partial charge in [-0.2, -0.15) is 0 Å². The van der Waals surface area contributed by atoms with Crippen molar-refractivity contribution in [2.45, 2.75) is 10.8 Å². The van der Waals surface area contributed by atoms with E-state index in [0.29, 0.717) is 0 Å². The molecule has 3 nitrogen and oxygen atoms in total. The summed E-state index contributed by atoms with van der Waals surface area (Å²) in [6.45, 7) is 0. The van der Waals surface area contributed by atoms with Gasteiger partial charge in [0, 0.05) is 39.2 Å². The summed E-state index contributed by atoms with van der Waals surface area (Å²) in [7, 11) is 0. The van der Waals surface area contributed by atoms with E-state index in [-0.39, 0.29) is 0 Å². The lowest BCUT2D eigenvalue weighted by Crippen LogP contribution is -2.32. The van der Waals surface area contributed by atoms with E-state index in [1.165, 1.54) is 61.2 Å². The van der Waals surface area contributed by atoms with Gasteiger partial charge in [-0.05, 0) is 150 Å². The minimum Gasteiger partial charge on any atom is -0.457 e. The third-order valence-corrected chi connectivity index (χ3v) is 18.1. The van der Waals surface area contributed by atoms with Crippen LogP contribution in [0.15, 0.2) is 309 Å².